The molecule has 0 spiro atoms. The van der Waals surface area contributed by atoms with Crippen molar-refractivity contribution in [2.75, 3.05) is 0 Å². The largest absolute Gasteiger partial charge is 0.286 e. The van der Waals surface area contributed by atoms with Gasteiger partial charge in [-0.05, 0) is 18.9 Å². The fraction of sp³-hybridized carbons (Fsp3) is 0.500. The molecule has 0 aromatic heterocycles. The first-order valence-electron chi connectivity index (χ1n) is 5.83. The van der Waals surface area contributed by atoms with Crippen LogP contribution >= 0.6 is 23.0 Å². The van der Waals surface area contributed by atoms with Crippen LogP contribution in [0.15, 0.2) is 24.3 Å². The predicted octanol–water partition coefficient (Wildman–Crippen LogP) is 3.68. The quantitative estimate of drug-likeness (QED) is 0.747. The Morgan fingerprint density at radius 1 is 1.17 bits per heavy atom. The van der Waals surface area contributed by atoms with Crippen LogP contribution in [0, 0.1) is 5.82 Å². The van der Waals surface area contributed by atoms with E-state index in [1.165, 1.54) is 29.1 Å². The van der Waals surface area contributed by atoms with Crippen LogP contribution < -0.4 is 0 Å². The third-order valence-electron chi connectivity index (χ3n) is 3.59. The Balaban J connectivity index is 2.60. The molecular weight excluding hydrogens is 370 g/mol. The van der Waals surface area contributed by atoms with Gasteiger partial charge in [-0.15, -0.1) is 0 Å². The van der Waals surface area contributed by atoms with Crippen molar-refractivity contribution in [2.45, 2.75) is 36.9 Å². The van der Waals surface area contributed by atoms with E-state index in [9.17, 15) is 12.8 Å². The highest BCUT2D eigenvalue weighted by molar-refractivity contribution is 14.1. The molecular formula is C12H14FIO3S. The molecule has 1 aliphatic carbocycles. The third kappa shape index (κ3) is 2.30. The van der Waals surface area contributed by atoms with E-state index in [-0.39, 0.29) is 5.56 Å². The summed E-state index contributed by atoms with van der Waals surface area (Å²) in [5, 5.41) is 0. The molecule has 1 fully saturated rings. The van der Waals surface area contributed by atoms with Crippen molar-refractivity contribution >= 4 is 33.1 Å². The molecule has 0 aliphatic heterocycles. The van der Waals surface area contributed by atoms with E-state index in [1.54, 1.807) is 18.2 Å². The fourth-order valence-corrected chi connectivity index (χ4v) is 5.04. The van der Waals surface area contributed by atoms with Crippen molar-refractivity contribution in [1.82, 2.24) is 0 Å². The van der Waals surface area contributed by atoms with Gasteiger partial charge in [0.2, 0.25) is 0 Å². The zero-order valence-electron chi connectivity index (χ0n) is 9.73. The summed E-state index contributed by atoms with van der Waals surface area (Å²) in [6, 6.07) is 6.08. The Bertz CT molecular complexity index is 524. The molecule has 1 saturated carbocycles. The Morgan fingerprint density at radius 2 is 1.78 bits per heavy atom. The standard InChI is InChI=1S/C12H14FIO3S/c13-11-7-3-2-6-10(11)12(18(15,16)17-14)8-4-1-5-9-12/h2-3,6-7H,1,4-5,8-9H2. The molecule has 100 valence electrons. The summed E-state index contributed by atoms with van der Waals surface area (Å²) in [5.74, 6) is -0.476. The second-order valence-corrected chi connectivity index (χ2v) is 7.45. The average molecular weight is 384 g/mol. The Hall–Kier alpha value is -0.210. The first-order valence-corrected chi connectivity index (χ1v) is 8.12. The van der Waals surface area contributed by atoms with E-state index in [0.717, 1.165) is 19.3 Å². The Labute approximate surface area is 121 Å². The minimum absolute atomic E-state index is 0.237. The van der Waals surface area contributed by atoms with Crippen LogP contribution in [0.3, 0.4) is 0 Å². The highest BCUT2D eigenvalue weighted by Gasteiger charge is 2.48. The molecule has 0 saturated heterocycles. The van der Waals surface area contributed by atoms with Gasteiger partial charge in [0.15, 0.2) is 0 Å². The minimum Gasteiger partial charge on any atom is -0.207 e. The van der Waals surface area contributed by atoms with Gasteiger partial charge >= 0.3 is 0 Å². The highest BCUT2D eigenvalue weighted by Crippen LogP contribution is 2.46. The van der Waals surface area contributed by atoms with Crippen molar-refractivity contribution in [1.29, 1.82) is 0 Å². The topological polar surface area (TPSA) is 43.4 Å². The molecule has 2 rings (SSSR count). The van der Waals surface area contributed by atoms with Crippen molar-refractivity contribution in [3.8, 4) is 0 Å². The third-order valence-corrected chi connectivity index (χ3v) is 6.76. The van der Waals surface area contributed by atoms with Gasteiger partial charge in [0.05, 0.1) is 0 Å². The van der Waals surface area contributed by atoms with Crippen LogP contribution in [0.4, 0.5) is 4.39 Å². The van der Waals surface area contributed by atoms with E-state index >= 15 is 0 Å². The normalized spacial score (nSPS) is 19.7. The van der Waals surface area contributed by atoms with Gasteiger partial charge in [-0.3, -0.25) is 0 Å². The number of hydrogen-bond acceptors (Lipinski definition) is 3. The molecule has 1 aliphatic rings. The monoisotopic (exact) mass is 384 g/mol. The molecule has 18 heavy (non-hydrogen) atoms. The van der Waals surface area contributed by atoms with Gasteiger partial charge in [-0.1, -0.05) is 37.5 Å². The minimum atomic E-state index is -3.81. The van der Waals surface area contributed by atoms with Gasteiger partial charge in [0.1, 0.15) is 33.6 Å². The molecule has 6 heteroatoms. The summed E-state index contributed by atoms with van der Waals surface area (Å²) < 4.78 is 41.9. The maximum atomic E-state index is 14.0. The molecule has 0 bridgehead atoms. The van der Waals surface area contributed by atoms with Crippen LogP contribution in [0.5, 0.6) is 0 Å². The molecule has 0 atom stereocenters. The van der Waals surface area contributed by atoms with Crippen molar-refractivity contribution in [2.24, 2.45) is 0 Å². The first kappa shape index (κ1) is 14.2. The lowest BCUT2D eigenvalue weighted by molar-refractivity contribution is 0.351. The Morgan fingerprint density at radius 3 is 2.33 bits per heavy atom. The van der Waals surface area contributed by atoms with E-state index in [1.807, 2.05) is 0 Å². The number of halogens is 2. The van der Waals surface area contributed by atoms with E-state index in [2.05, 4.69) is 2.51 Å². The number of hydrogen-bond donors (Lipinski definition) is 0. The summed E-state index contributed by atoms with van der Waals surface area (Å²) in [4.78, 5) is 0. The zero-order chi connectivity index (χ0) is 13.2. The molecule has 3 nitrogen and oxygen atoms in total. The Kier molecular flexibility index (Phi) is 4.28. The SMILES string of the molecule is O=S(=O)(OI)C1(c2ccccc2F)CCCCC1. The summed E-state index contributed by atoms with van der Waals surface area (Å²) >= 11 is 1.37. The van der Waals surface area contributed by atoms with E-state index in [4.69, 9.17) is 0 Å². The predicted molar refractivity (Wildman–Crippen MR) is 75.2 cm³/mol. The van der Waals surface area contributed by atoms with Gasteiger partial charge in [-0.2, -0.15) is 10.9 Å². The smallest absolute Gasteiger partial charge is 0.207 e. The second kappa shape index (κ2) is 5.42. The van der Waals surface area contributed by atoms with E-state index < -0.39 is 20.7 Å². The van der Waals surface area contributed by atoms with Crippen LogP contribution in [-0.2, 0) is 17.4 Å². The fourth-order valence-electron chi connectivity index (χ4n) is 2.67. The summed E-state index contributed by atoms with van der Waals surface area (Å²) in [7, 11) is -3.81. The zero-order valence-corrected chi connectivity index (χ0v) is 12.7. The maximum absolute atomic E-state index is 14.0. The summed E-state index contributed by atoms with van der Waals surface area (Å²) in [6.45, 7) is 0. The van der Waals surface area contributed by atoms with E-state index in [0.29, 0.717) is 12.8 Å². The molecule has 1 aromatic carbocycles. The second-order valence-electron chi connectivity index (χ2n) is 4.55. The molecule has 0 heterocycles. The molecule has 1 aromatic rings. The molecule has 0 N–H and O–H groups in total. The lowest BCUT2D eigenvalue weighted by Crippen LogP contribution is -2.38. The molecule has 0 radical (unpaired) electrons. The van der Waals surface area contributed by atoms with Crippen molar-refractivity contribution in [3.05, 3.63) is 35.6 Å². The van der Waals surface area contributed by atoms with Gasteiger partial charge in [-0.25, -0.2) is 4.39 Å². The van der Waals surface area contributed by atoms with Crippen molar-refractivity contribution < 1.29 is 15.3 Å². The first-order chi connectivity index (χ1) is 8.53. The van der Waals surface area contributed by atoms with Gasteiger partial charge < -0.3 is 0 Å². The van der Waals surface area contributed by atoms with Gasteiger partial charge in [0.25, 0.3) is 10.1 Å². The number of benzene rings is 1. The lowest BCUT2D eigenvalue weighted by atomic mass is 9.83. The lowest BCUT2D eigenvalue weighted by Gasteiger charge is -2.35. The van der Waals surface area contributed by atoms with Crippen LogP contribution in [-0.4, -0.2) is 8.42 Å². The highest BCUT2D eigenvalue weighted by atomic mass is 127. The van der Waals surface area contributed by atoms with Crippen LogP contribution in [0.2, 0.25) is 0 Å². The number of rotatable bonds is 3. The summed E-state index contributed by atoms with van der Waals surface area (Å²) in [5.41, 5.74) is 0.237. The maximum Gasteiger partial charge on any atom is 0.286 e. The molecule has 0 amide bonds. The molecule has 0 unspecified atom stereocenters. The van der Waals surface area contributed by atoms with Crippen LogP contribution in [0.25, 0.3) is 0 Å². The summed E-state index contributed by atoms with van der Waals surface area (Å²) in [6.07, 6.45) is 3.35. The van der Waals surface area contributed by atoms with Gasteiger partial charge in [0, 0.05) is 5.56 Å². The average Bonchev–Trinajstić information content (AvgIpc) is 2.40. The van der Waals surface area contributed by atoms with Crippen LogP contribution in [0.1, 0.15) is 37.7 Å². The van der Waals surface area contributed by atoms with Crippen molar-refractivity contribution in [3.63, 3.8) is 0 Å².